The van der Waals surface area contributed by atoms with Crippen LogP contribution >= 0.6 is 0 Å². The predicted octanol–water partition coefficient (Wildman–Crippen LogP) is 1.21. The smallest absolute Gasteiger partial charge is 0.394 e. The number of rotatable bonds is 2. The standard InChI is InChI=1S/C8H7F3N4O/c9-8(10,11)16-7-5(13)3-4(1-2-12)6(14)15-7/h3H,1,13H2,(H2,14,15). The minimum atomic E-state index is -4.88. The lowest BCUT2D eigenvalue weighted by Gasteiger charge is -2.11. The number of alkyl halides is 3. The zero-order valence-corrected chi connectivity index (χ0v) is 7.88. The molecule has 0 spiro atoms. The van der Waals surface area contributed by atoms with Crippen LogP contribution in [0.2, 0.25) is 0 Å². The van der Waals surface area contributed by atoms with Crippen LogP contribution in [0.25, 0.3) is 0 Å². The fourth-order valence-corrected chi connectivity index (χ4v) is 0.987. The molecule has 0 amide bonds. The van der Waals surface area contributed by atoms with Gasteiger partial charge in [0.15, 0.2) is 0 Å². The van der Waals surface area contributed by atoms with Crippen LogP contribution in [0.5, 0.6) is 5.88 Å². The molecule has 0 radical (unpaired) electrons. The van der Waals surface area contributed by atoms with Crippen molar-refractivity contribution in [2.45, 2.75) is 12.8 Å². The SMILES string of the molecule is N#CCc1cc(N)c(OC(F)(F)F)nc1N. The Morgan fingerprint density at radius 1 is 1.44 bits per heavy atom. The fourth-order valence-electron chi connectivity index (χ4n) is 0.987. The maximum atomic E-state index is 11.9. The van der Waals surface area contributed by atoms with E-state index in [-0.39, 0.29) is 23.5 Å². The first-order chi connectivity index (χ1) is 7.33. The number of hydrogen-bond donors (Lipinski definition) is 2. The summed E-state index contributed by atoms with van der Waals surface area (Å²) >= 11 is 0. The number of nitriles is 1. The van der Waals surface area contributed by atoms with Crippen molar-refractivity contribution >= 4 is 11.5 Å². The van der Waals surface area contributed by atoms with Gasteiger partial charge in [0.1, 0.15) is 5.82 Å². The summed E-state index contributed by atoms with van der Waals surface area (Å²) in [6.45, 7) is 0. The average Bonchev–Trinajstić information content (AvgIpc) is 2.11. The number of anilines is 2. The summed E-state index contributed by atoms with van der Waals surface area (Å²) in [5.74, 6) is -1.03. The van der Waals surface area contributed by atoms with Crippen molar-refractivity contribution in [1.82, 2.24) is 4.98 Å². The van der Waals surface area contributed by atoms with Gasteiger partial charge in [0.2, 0.25) is 5.88 Å². The van der Waals surface area contributed by atoms with Crippen molar-refractivity contribution in [2.24, 2.45) is 0 Å². The van der Waals surface area contributed by atoms with E-state index in [1.807, 2.05) is 0 Å². The summed E-state index contributed by atoms with van der Waals surface area (Å²) < 4.78 is 39.2. The van der Waals surface area contributed by atoms with Crippen LogP contribution in [0.15, 0.2) is 6.07 Å². The maximum Gasteiger partial charge on any atom is 0.574 e. The molecule has 0 fully saturated rings. The van der Waals surface area contributed by atoms with Gasteiger partial charge in [-0.3, -0.25) is 0 Å². The van der Waals surface area contributed by atoms with Gasteiger partial charge in [-0.2, -0.15) is 10.2 Å². The van der Waals surface area contributed by atoms with Crippen LogP contribution < -0.4 is 16.2 Å². The molecule has 0 aliphatic carbocycles. The quantitative estimate of drug-likeness (QED) is 0.798. The molecular weight excluding hydrogens is 225 g/mol. The van der Waals surface area contributed by atoms with Gasteiger partial charge in [-0.05, 0) is 6.07 Å². The van der Waals surface area contributed by atoms with Crippen LogP contribution in [0.1, 0.15) is 5.56 Å². The average molecular weight is 232 g/mol. The zero-order chi connectivity index (χ0) is 12.3. The number of aromatic nitrogens is 1. The van der Waals surface area contributed by atoms with Gasteiger partial charge in [-0.15, -0.1) is 13.2 Å². The van der Waals surface area contributed by atoms with Gasteiger partial charge in [-0.25, -0.2) is 0 Å². The minimum absolute atomic E-state index is 0.0880. The Morgan fingerprint density at radius 3 is 2.56 bits per heavy atom. The molecule has 1 heterocycles. The number of nitrogens with two attached hydrogens (primary N) is 2. The summed E-state index contributed by atoms with van der Waals surface area (Å²) in [7, 11) is 0. The number of hydrogen-bond acceptors (Lipinski definition) is 5. The lowest BCUT2D eigenvalue weighted by Crippen LogP contribution is -2.19. The highest BCUT2D eigenvalue weighted by atomic mass is 19.4. The number of nitrogens with zero attached hydrogens (tertiary/aromatic N) is 2. The van der Waals surface area contributed by atoms with Crippen molar-refractivity contribution in [2.75, 3.05) is 11.5 Å². The topological polar surface area (TPSA) is 98.0 Å². The lowest BCUT2D eigenvalue weighted by molar-refractivity contribution is -0.275. The van der Waals surface area contributed by atoms with Crippen LogP contribution in [0, 0.1) is 11.3 Å². The number of halogens is 3. The number of pyridine rings is 1. The molecule has 0 unspecified atom stereocenters. The molecule has 0 aliphatic heterocycles. The highest BCUT2D eigenvalue weighted by molar-refractivity contribution is 5.57. The molecule has 0 saturated heterocycles. The molecule has 86 valence electrons. The van der Waals surface area contributed by atoms with Gasteiger partial charge < -0.3 is 16.2 Å². The van der Waals surface area contributed by atoms with Crippen LogP contribution in [0.4, 0.5) is 24.7 Å². The number of nitrogen functional groups attached to an aromatic ring is 2. The van der Waals surface area contributed by atoms with Gasteiger partial charge in [0.25, 0.3) is 0 Å². The fraction of sp³-hybridized carbons (Fsp3) is 0.250. The van der Waals surface area contributed by atoms with Crippen LogP contribution in [-0.2, 0) is 6.42 Å². The van der Waals surface area contributed by atoms with E-state index in [1.54, 1.807) is 6.07 Å². The summed E-state index contributed by atoms with van der Waals surface area (Å²) in [5.41, 5.74) is 10.5. The summed E-state index contributed by atoms with van der Waals surface area (Å²) in [6, 6.07) is 2.91. The van der Waals surface area contributed by atoms with E-state index < -0.39 is 12.2 Å². The van der Waals surface area contributed by atoms with E-state index in [9.17, 15) is 13.2 Å². The number of ether oxygens (including phenoxy) is 1. The van der Waals surface area contributed by atoms with Crippen molar-refractivity contribution in [3.05, 3.63) is 11.6 Å². The zero-order valence-electron chi connectivity index (χ0n) is 7.88. The normalized spacial score (nSPS) is 10.9. The molecule has 1 aromatic rings. The first kappa shape index (κ1) is 11.9. The Labute approximate surface area is 88.4 Å². The molecule has 0 aromatic carbocycles. The molecule has 0 aliphatic rings. The highest BCUT2D eigenvalue weighted by Crippen LogP contribution is 2.29. The maximum absolute atomic E-state index is 11.9. The van der Waals surface area contributed by atoms with Crippen molar-refractivity contribution in [3.8, 4) is 11.9 Å². The van der Waals surface area contributed by atoms with Gasteiger partial charge >= 0.3 is 6.36 Å². The first-order valence-corrected chi connectivity index (χ1v) is 4.01. The van der Waals surface area contributed by atoms with E-state index in [1.165, 1.54) is 0 Å². The third kappa shape index (κ3) is 2.91. The Kier molecular flexibility index (Phi) is 3.08. The molecule has 1 aromatic heterocycles. The third-order valence-electron chi connectivity index (χ3n) is 1.61. The molecule has 4 N–H and O–H groups in total. The van der Waals surface area contributed by atoms with Crippen molar-refractivity contribution in [1.29, 1.82) is 5.26 Å². The van der Waals surface area contributed by atoms with Crippen LogP contribution in [0.3, 0.4) is 0 Å². The van der Waals surface area contributed by atoms with E-state index in [4.69, 9.17) is 16.7 Å². The molecule has 8 heteroatoms. The summed E-state index contributed by atoms with van der Waals surface area (Å²) in [4.78, 5) is 3.34. The Balaban J connectivity index is 3.07. The molecule has 0 bridgehead atoms. The van der Waals surface area contributed by atoms with Crippen molar-refractivity contribution < 1.29 is 17.9 Å². The Bertz CT molecular complexity index is 438. The van der Waals surface area contributed by atoms with Gasteiger partial charge in [0.05, 0.1) is 18.2 Å². The highest BCUT2D eigenvalue weighted by Gasteiger charge is 2.33. The summed E-state index contributed by atoms with van der Waals surface area (Å²) in [6.07, 6.45) is -4.97. The largest absolute Gasteiger partial charge is 0.574 e. The lowest BCUT2D eigenvalue weighted by atomic mass is 10.2. The Hall–Kier alpha value is -2.17. The van der Waals surface area contributed by atoms with Gasteiger partial charge in [-0.1, -0.05) is 0 Å². The van der Waals surface area contributed by atoms with Crippen LogP contribution in [-0.4, -0.2) is 11.3 Å². The second kappa shape index (κ2) is 4.14. The van der Waals surface area contributed by atoms with E-state index in [2.05, 4.69) is 9.72 Å². The second-order valence-electron chi connectivity index (χ2n) is 2.81. The van der Waals surface area contributed by atoms with Crippen molar-refractivity contribution in [3.63, 3.8) is 0 Å². The van der Waals surface area contributed by atoms with Gasteiger partial charge in [0, 0.05) is 5.56 Å². The third-order valence-corrected chi connectivity index (χ3v) is 1.61. The molecule has 0 atom stereocenters. The first-order valence-electron chi connectivity index (χ1n) is 4.01. The minimum Gasteiger partial charge on any atom is -0.394 e. The molecule has 16 heavy (non-hydrogen) atoms. The molecule has 0 saturated carbocycles. The molecule has 5 nitrogen and oxygen atoms in total. The Morgan fingerprint density at radius 2 is 2.06 bits per heavy atom. The monoisotopic (exact) mass is 232 g/mol. The second-order valence-corrected chi connectivity index (χ2v) is 2.81. The molecule has 1 rings (SSSR count). The summed E-state index contributed by atoms with van der Waals surface area (Å²) in [5, 5.41) is 8.41. The van der Waals surface area contributed by atoms with E-state index >= 15 is 0 Å². The van der Waals surface area contributed by atoms with E-state index in [0.29, 0.717) is 0 Å². The van der Waals surface area contributed by atoms with E-state index in [0.717, 1.165) is 6.07 Å². The predicted molar refractivity (Wildman–Crippen MR) is 49.1 cm³/mol. The molecular formula is C8H7F3N4O.